The van der Waals surface area contributed by atoms with Crippen molar-refractivity contribution in [3.63, 3.8) is 0 Å². The summed E-state index contributed by atoms with van der Waals surface area (Å²) in [6, 6.07) is 5.93. The van der Waals surface area contributed by atoms with Crippen LogP contribution >= 0.6 is 0 Å². The van der Waals surface area contributed by atoms with Crippen LogP contribution in [-0.2, 0) is 11.2 Å². The molecule has 5 heteroatoms. The molecule has 0 radical (unpaired) electrons. The second-order valence-corrected chi connectivity index (χ2v) is 5.29. The van der Waals surface area contributed by atoms with Crippen LogP contribution in [0.1, 0.15) is 25.8 Å². The number of benzene rings is 1. The van der Waals surface area contributed by atoms with Crippen molar-refractivity contribution in [3.05, 3.63) is 23.8 Å². The fourth-order valence-corrected chi connectivity index (χ4v) is 1.81. The van der Waals surface area contributed by atoms with Crippen LogP contribution in [0.2, 0.25) is 0 Å². The van der Waals surface area contributed by atoms with E-state index in [1.54, 1.807) is 7.11 Å². The molecule has 0 heterocycles. The Morgan fingerprint density at radius 2 is 2.11 bits per heavy atom. The number of rotatable bonds is 8. The normalized spacial score (nSPS) is 11.1. The molecule has 0 spiro atoms. The van der Waals surface area contributed by atoms with Gasteiger partial charge in [0, 0.05) is 13.7 Å². The molecule has 4 nitrogen and oxygen atoms in total. The second kappa shape index (κ2) is 8.07. The Bertz CT molecular complexity index is 386. The molecule has 1 rings (SSSR count). The summed E-state index contributed by atoms with van der Waals surface area (Å²) in [5, 5.41) is 0. The Labute approximate surface area is 117 Å². The molecule has 19 heavy (non-hydrogen) atoms. The first-order valence-corrected chi connectivity index (χ1v) is 6.72. The van der Waals surface area contributed by atoms with Gasteiger partial charge in [0.25, 0.3) is 0 Å². The van der Waals surface area contributed by atoms with Gasteiger partial charge in [-0.05, 0) is 31.0 Å². The molecule has 0 atom stereocenters. The van der Waals surface area contributed by atoms with Crippen LogP contribution in [0.25, 0.3) is 0 Å². The van der Waals surface area contributed by atoms with E-state index in [2.05, 4.69) is 18.7 Å². The molecule has 0 unspecified atom stereocenters. The largest absolute Gasteiger partial charge is 0.491 e. The minimum Gasteiger partial charge on any atom is -0.491 e. The van der Waals surface area contributed by atoms with Gasteiger partial charge in [-0.15, -0.1) is 0 Å². The summed E-state index contributed by atoms with van der Waals surface area (Å²) in [6.07, 6.45) is 1.03. The molecule has 0 aliphatic rings. The molecular formula is C14H25BN2O2. The van der Waals surface area contributed by atoms with Crippen molar-refractivity contribution in [2.24, 2.45) is 5.92 Å². The molecule has 0 amide bonds. The van der Waals surface area contributed by atoms with Crippen molar-refractivity contribution in [1.29, 1.82) is 0 Å². The fourth-order valence-electron chi connectivity index (χ4n) is 1.81. The second-order valence-electron chi connectivity index (χ2n) is 5.29. The van der Waals surface area contributed by atoms with Gasteiger partial charge in [-0.1, -0.05) is 26.0 Å². The highest BCUT2D eigenvalue weighted by Crippen LogP contribution is 2.26. The number of nitrogens with two attached hydrogens (primary N) is 1. The van der Waals surface area contributed by atoms with Crippen LogP contribution in [-0.4, -0.2) is 33.2 Å². The van der Waals surface area contributed by atoms with Crippen molar-refractivity contribution >= 4 is 13.3 Å². The van der Waals surface area contributed by atoms with Crippen molar-refractivity contribution < 1.29 is 9.39 Å². The summed E-state index contributed by atoms with van der Waals surface area (Å²) >= 11 is 0. The molecule has 2 N–H and O–H groups in total. The van der Waals surface area contributed by atoms with Gasteiger partial charge in [0.15, 0.2) is 0 Å². The van der Waals surface area contributed by atoms with E-state index in [0.717, 1.165) is 30.0 Å². The number of nitrogen functional groups attached to an aromatic ring is 1. The van der Waals surface area contributed by atoms with Crippen molar-refractivity contribution in [2.75, 3.05) is 26.5 Å². The molecule has 0 saturated heterocycles. The highest BCUT2D eigenvalue weighted by Gasteiger charge is 2.09. The third-order valence-corrected chi connectivity index (χ3v) is 2.90. The highest BCUT2D eigenvalue weighted by atomic mass is 16.5. The summed E-state index contributed by atoms with van der Waals surface area (Å²) in [5.41, 5.74) is 7.95. The quantitative estimate of drug-likeness (QED) is 0.576. The summed E-state index contributed by atoms with van der Waals surface area (Å²) in [7, 11) is 4.26. The molecule has 0 saturated carbocycles. The lowest BCUT2D eigenvalue weighted by Gasteiger charge is -2.17. The molecule has 1 aromatic carbocycles. The number of para-hydroxylation sites is 1. The van der Waals surface area contributed by atoms with Crippen LogP contribution in [0.4, 0.5) is 5.69 Å². The predicted molar refractivity (Wildman–Crippen MR) is 81.4 cm³/mol. The molecule has 0 aromatic heterocycles. The Morgan fingerprint density at radius 3 is 2.74 bits per heavy atom. The van der Waals surface area contributed by atoms with Crippen molar-refractivity contribution in [1.82, 2.24) is 4.81 Å². The Kier molecular flexibility index (Phi) is 6.74. The summed E-state index contributed by atoms with van der Waals surface area (Å²) in [6.45, 7) is 5.83. The summed E-state index contributed by atoms with van der Waals surface area (Å²) in [5.74, 6) is 1.42. The average Bonchev–Trinajstić information content (AvgIpc) is 2.33. The zero-order chi connectivity index (χ0) is 14.3. The van der Waals surface area contributed by atoms with Crippen LogP contribution in [0.5, 0.6) is 5.75 Å². The molecule has 106 valence electrons. The fraction of sp³-hybridized carbons (Fsp3) is 0.571. The lowest BCUT2D eigenvalue weighted by atomic mass is 10.1. The van der Waals surface area contributed by atoms with Gasteiger partial charge >= 0.3 is 7.62 Å². The van der Waals surface area contributed by atoms with Gasteiger partial charge in [0.2, 0.25) is 0 Å². The number of hydrogen-bond acceptors (Lipinski definition) is 4. The molecular weight excluding hydrogens is 239 g/mol. The van der Waals surface area contributed by atoms with E-state index in [4.69, 9.17) is 15.1 Å². The molecule has 0 fully saturated rings. The van der Waals surface area contributed by atoms with Crippen molar-refractivity contribution in [3.8, 4) is 5.75 Å². The summed E-state index contributed by atoms with van der Waals surface area (Å²) in [4.78, 5) is 2.06. The monoisotopic (exact) mass is 264 g/mol. The Morgan fingerprint density at radius 1 is 1.37 bits per heavy atom. The third kappa shape index (κ3) is 5.53. The van der Waals surface area contributed by atoms with Crippen LogP contribution < -0.4 is 10.5 Å². The first-order valence-electron chi connectivity index (χ1n) is 6.72. The zero-order valence-corrected chi connectivity index (χ0v) is 12.5. The van der Waals surface area contributed by atoms with E-state index < -0.39 is 0 Å². The molecule has 0 aliphatic heterocycles. The number of ether oxygens (including phenoxy) is 1. The Balaban J connectivity index is 2.63. The number of nitrogens with zero attached hydrogens (tertiary/aromatic N) is 1. The smallest absolute Gasteiger partial charge is 0.363 e. The van der Waals surface area contributed by atoms with Gasteiger partial charge < -0.3 is 19.9 Å². The molecule has 1 aromatic rings. The number of anilines is 1. The molecule has 0 bridgehead atoms. The van der Waals surface area contributed by atoms with E-state index in [1.807, 2.05) is 25.2 Å². The Hall–Kier alpha value is -1.20. The van der Waals surface area contributed by atoms with Crippen LogP contribution in [0.3, 0.4) is 0 Å². The standard InChI is InChI=1S/C14H25BN2O2/c1-11(2)8-9-19-13-7-5-6-12(14(13)16)10-17(3)15-18-4/h5-7,11,15H,8-10,16H2,1-4H3. The lowest BCUT2D eigenvalue weighted by Crippen LogP contribution is -2.24. The lowest BCUT2D eigenvalue weighted by molar-refractivity contribution is 0.290. The maximum atomic E-state index is 6.15. The van der Waals surface area contributed by atoms with Gasteiger partial charge in [-0.25, -0.2) is 0 Å². The van der Waals surface area contributed by atoms with Gasteiger partial charge in [-0.2, -0.15) is 0 Å². The van der Waals surface area contributed by atoms with E-state index in [9.17, 15) is 0 Å². The predicted octanol–water partition coefficient (Wildman–Crippen LogP) is 2.04. The maximum absolute atomic E-state index is 6.15. The van der Waals surface area contributed by atoms with E-state index >= 15 is 0 Å². The molecule has 0 aliphatic carbocycles. The maximum Gasteiger partial charge on any atom is 0.363 e. The summed E-state index contributed by atoms with van der Waals surface area (Å²) < 4.78 is 10.8. The van der Waals surface area contributed by atoms with E-state index in [1.165, 1.54) is 0 Å². The first kappa shape index (κ1) is 15.9. The first-order chi connectivity index (χ1) is 9.04. The third-order valence-electron chi connectivity index (χ3n) is 2.90. The average molecular weight is 264 g/mol. The van der Waals surface area contributed by atoms with Crippen LogP contribution in [0, 0.1) is 5.92 Å². The zero-order valence-electron chi connectivity index (χ0n) is 12.5. The van der Waals surface area contributed by atoms with Gasteiger partial charge in [0.05, 0.1) is 12.3 Å². The topological polar surface area (TPSA) is 47.7 Å². The van der Waals surface area contributed by atoms with Crippen molar-refractivity contribution in [2.45, 2.75) is 26.8 Å². The van der Waals surface area contributed by atoms with E-state index in [-0.39, 0.29) is 0 Å². The van der Waals surface area contributed by atoms with Gasteiger partial charge in [0.1, 0.15) is 5.75 Å². The SMILES string of the molecule is COBN(C)Cc1cccc(OCCC(C)C)c1N. The highest BCUT2D eigenvalue weighted by molar-refractivity contribution is 6.23. The minimum atomic E-state index is 0.581. The van der Waals surface area contributed by atoms with Gasteiger partial charge in [-0.3, -0.25) is 0 Å². The van der Waals surface area contributed by atoms with Crippen LogP contribution in [0.15, 0.2) is 18.2 Å². The van der Waals surface area contributed by atoms with E-state index in [0.29, 0.717) is 20.1 Å². The number of hydrogen-bond donors (Lipinski definition) is 1. The minimum absolute atomic E-state index is 0.581.